The normalized spacial score (nSPS) is 12.7. The number of unbranched alkanes of at least 4 members (excludes halogenated alkanes) is 28. The SMILES string of the molecule is CC/C=C\C/C=C\C/C=C\C/C=C\C/C=C\C/C=C\CCC(=O)OC[C@@H](COC(=O)CCCCCCC/C=C\CCCCCCCCC)OC(=O)CCCCCCCCCCCCCCCCCCC. The minimum absolute atomic E-state index is 0.102. The zero-order chi connectivity index (χ0) is 50.7. The number of carbonyl (C=O) groups excluding carboxylic acids is 3. The van der Waals surface area contributed by atoms with Gasteiger partial charge in [0.05, 0.1) is 0 Å². The molecule has 0 aliphatic heterocycles. The van der Waals surface area contributed by atoms with Gasteiger partial charge in [-0.3, -0.25) is 14.4 Å². The molecule has 0 heterocycles. The van der Waals surface area contributed by atoms with Crippen molar-refractivity contribution < 1.29 is 28.6 Å². The van der Waals surface area contributed by atoms with E-state index in [0.717, 1.165) is 83.5 Å². The van der Waals surface area contributed by atoms with Crippen LogP contribution in [-0.2, 0) is 28.6 Å². The summed E-state index contributed by atoms with van der Waals surface area (Å²) in [7, 11) is 0. The van der Waals surface area contributed by atoms with E-state index in [9.17, 15) is 14.4 Å². The van der Waals surface area contributed by atoms with Crippen LogP contribution >= 0.6 is 0 Å². The van der Waals surface area contributed by atoms with E-state index < -0.39 is 6.10 Å². The Hall–Kier alpha value is -3.41. The van der Waals surface area contributed by atoms with Gasteiger partial charge in [0.1, 0.15) is 13.2 Å². The first-order valence-corrected chi connectivity index (χ1v) is 29.6. The number of carbonyl (C=O) groups is 3. The number of hydrogen-bond donors (Lipinski definition) is 0. The third-order valence-electron chi connectivity index (χ3n) is 12.6. The van der Waals surface area contributed by atoms with Gasteiger partial charge in [-0.2, -0.15) is 0 Å². The molecule has 6 heteroatoms. The van der Waals surface area contributed by atoms with Crippen molar-refractivity contribution in [1.29, 1.82) is 0 Å². The van der Waals surface area contributed by atoms with Crippen molar-refractivity contribution in [3.8, 4) is 0 Å². The lowest BCUT2D eigenvalue weighted by Gasteiger charge is -2.18. The number of esters is 3. The fraction of sp³-hybridized carbons (Fsp3) is 0.734. The summed E-state index contributed by atoms with van der Waals surface area (Å²) in [5.41, 5.74) is 0. The second-order valence-electron chi connectivity index (χ2n) is 19.5. The first kappa shape index (κ1) is 66.6. The highest BCUT2D eigenvalue weighted by Crippen LogP contribution is 2.16. The largest absolute Gasteiger partial charge is 0.462 e. The molecule has 70 heavy (non-hydrogen) atoms. The van der Waals surface area contributed by atoms with Crippen LogP contribution in [0, 0.1) is 0 Å². The molecule has 0 unspecified atom stereocenters. The zero-order valence-electron chi connectivity index (χ0n) is 46.0. The minimum atomic E-state index is -0.809. The van der Waals surface area contributed by atoms with Crippen LogP contribution in [0.3, 0.4) is 0 Å². The second-order valence-corrected chi connectivity index (χ2v) is 19.5. The van der Waals surface area contributed by atoms with Crippen molar-refractivity contribution in [3.05, 3.63) is 85.1 Å². The van der Waals surface area contributed by atoms with Crippen molar-refractivity contribution in [2.24, 2.45) is 0 Å². The first-order valence-electron chi connectivity index (χ1n) is 29.6. The monoisotopic (exact) mass is 975 g/mol. The van der Waals surface area contributed by atoms with Gasteiger partial charge in [0.2, 0.25) is 0 Å². The van der Waals surface area contributed by atoms with Gasteiger partial charge in [-0.15, -0.1) is 0 Å². The topological polar surface area (TPSA) is 78.9 Å². The number of hydrogen-bond acceptors (Lipinski definition) is 6. The van der Waals surface area contributed by atoms with Crippen molar-refractivity contribution in [3.63, 3.8) is 0 Å². The molecule has 0 saturated heterocycles. The molecule has 0 aliphatic carbocycles. The van der Waals surface area contributed by atoms with Gasteiger partial charge in [-0.1, -0.05) is 266 Å². The van der Waals surface area contributed by atoms with E-state index in [-0.39, 0.29) is 37.5 Å². The van der Waals surface area contributed by atoms with E-state index in [2.05, 4.69) is 99.8 Å². The molecular weight excluding hydrogens is 865 g/mol. The molecule has 1 atom stereocenters. The molecule has 0 radical (unpaired) electrons. The predicted molar refractivity (Wildman–Crippen MR) is 302 cm³/mol. The van der Waals surface area contributed by atoms with Crippen LogP contribution in [0.1, 0.15) is 284 Å². The highest BCUT2D eigenvalue weighted by Gasteiger charge is 2.19. The summed E-state index contributed by atoms with van der Waals surface area (Å²) >= 11 is 0. The predicted octanol–water partition coefficient (Wildman–Crippen LogP) is 19.9. The molecule has 0 rings (SSSR count). The molecule has 0 aromatic heterocycles. The fourth-order valence-corrected chi connectivity index (χ4v) is 8.23. The minimum Gasteiger partial charge on any atom is -0.462 e. The average Bonchev–Trinajstić information content (AvgIpc) is 3.36. The summed E-state index contributed by atoms with van der Waals surface area (Å²) in [4.78, 5) is 38.2. The maximum absolute atomic E-state index is 12.9. The smallest absolute Gasteiger partial charge is 0.306 e. The van der Waals surface area contributed by atoms with Crippen LogP contribution < -0.4 is 0 Å². The molecule has 0 N–H and O–H groups in total. The van der Waals surface area contributed by atoms with E-state index >= 15 is 0 Å². The van der Waals surface area contributed by atoms with Crippen molar-refractivity contribution in [1.82, 2.24) is 0 Å². The molecule has 402 valence electrons. The van der Waals surface area contributed by atoms with E-state index in [0.29, 0.717) is 19.3 Å². The molecule has 0 fully saturated rings. The highest BCUT2D eigenvalue weighted by atomic mass is 16.6. The van der Waals surface area contributed by atoms with Crippen LogP contribution in [0.15, 0.2) is 85.1 Å². The summed E-state index contributed by atoms with van der Waals surface area (Å²) in [5.74, 6) is -0.987. The van der Waals surface area contributed by atoms with Crippen molar-refractivity contribution in [2.75, 3.05) is 13.2 Å². The Morgan fingerprint density at radius 3 is 0.957 bits per heavy atom. The lowest BCUT2D eigenvalue weighted by Crippen LogP contribution is -2.30. The van der Waals surface area contributed by atoms with Gasteiger partial charge in [0, 0.05) is 19.3 Å². The lowest BCUT2D eigenvalue weighted by atomic mass is 10.0. The molecule has 0 bridgehead atoms. The zero-order valence-corrected chi connectivity index (χ0v) is 46.0. The standard InChI is InChI=1S/C64H110O6/c1-4-7-10-13-16-19-22-25-28-31-32-34-36-39-42-45-48-51-54-57-63(66)69-60-61(59-68-62(65)56-53-50-47-44-41-38-35-30-27-24-21-18-15-12-9-6-3)70-64(67)58-55-52-49-46-43-40-37-33-29-26-23-20-17-14-11-8-5-2/h7,10,16,19,25,28,30,32,34-35,39,42,48,51,61H,4-6,8-9,11-15,17-18,20-24,26-27,29,31,33,36-38,40-41,43-47,49-50,52-60H2,1-3H3/b10-7-,19-16-,28-25-,34-32-,35-30-,42-39-,51-48-/t61-/m1/s1. The third-order valence-corrected chi connectivity index (χ3v) is 12.6. The van der Waals surface area contributed by atoms with Crippen molar-refractivity contribution in [2.45, 2.75) is 290 Å². The summed E-state index contributed by atoms with van der Waals surface area (Å²) in [5, 5.41) is 0. The fourth-order valence-electron chi connectivity index (χ4n) is 8.23. The van der Waals surface area contributed by atoms with E-state index in [4.69, 9.17) is 14.2 Å². The Labute approximate surface area is 433 Å². The Morgan fingerprint density at radius 1 is 0.300 bits per heavy atom. The maximum Gasteiger partial charge on any atom is 0.306 e. The van der Waals surface area contributed by atoms with E-state index in [1.54, 1.807) is 0 Å². The van der Waals surface area contributed by atoms with Gasteiger partial charge < -0.3 is 14.2 Å². The molecule has 0 saturated carbocycles. The summed E-state index contributed by atoms with van der Waals surface area (Å²) in [6.45, 7) is 6.48. The van der Waals surface area contributed by atoms with Gasteiger partial charge in [0.25, 0.3) is 0 Å². The van der Waals surface area contributed by atoms with Gasteiger partial charge in [0.15, 0.2) is 6.10 Å². The molecule has 0 amide bonds. The van der Waals surface area contributed by atoms with E-state index in [1.807, 2.05) is 6.08 Å². The Balaban J connectivity index is 4.49. The molecule has 6 nitrogen and oxygen atoms in total. The van der Waals surface area contributed by atoms with Gasteiger partial charge in [-0.25, -0.2) is 0 Å². The summed E-state index contributed by atoms with van der Waals surface area (Å²) < 4.78 is 16.8. The summed E-state index contributed by atoms with van der Waals surface area (Å²) in [6.07, 6.45) is 75.9. The quantitative estimate of drug-likeness (QED) is 0.0261. The lowest BCUT2D eigenvalue weighted by molar-refractivity contribution is -0.166. The highest BCUT2D eigenvalue weighted by molar-refractivity contribution is 5.71. The maximum atomic E-state index is 12.9. The molecular formula is C64H110O6. The first-order chi connectivity index (χ1) is 34.5. The average molecular weight is 976 g/mol. The third kappa shape index (κ3) is 55.5. The summed E-state index contributed by atoms with van der Waals surface area (Å²) in [6, 6.07) is 0. The molecule has 0 aliphatic rings. The van der Waals surface area contributed by atoms with Crippen LogP contribution in [0.4, 0.5) is 0 Å². The Kier molecular flexibility index (Phi) is 55.3. The Morgan fingerprint density at radius 2 is 0.586 bits per heavy atom. The van der Waals surface area contributed by atoms with E-state index in [1.165, 1.54) is 154 Å². The van der Waals surface area contributed by atoms with Crippen LogP contribution in [-0.4, -0.2) is 37.2 Å². The number of ether oxygens (including phenoxy) is 3. The molecule has 0 aromatic rings. The number of rotatable bonds is 53. The van der Waals surface area contributed by atoms with Crippen LogP contribution in [0.2, 0.25) is 0 Å². The second kappa shape index (κ2) is 58.2. The van der Waals surface area contributed by atoms with Crippen LogP contribution in [0.5, 0.6) is 0 Å². The Bertz CT molecular complexity index is 1350. The van der Waals surface area contributed by atoms with Crippen molar-refractivity contribution >= 4 is 17.9 Å². The van der Waals surface area contributed by atoms with Crippen LogP contribution in [0.25, 0.3) is 0 Å². The van der Waals surface area contributed by atoms with Gasteiger partial charge >= 0.3 is 17.9 Å². The molecule has 0 spiro atoms. The number of allylic oxidation sites excluding steroid dienone is 14. The molecule has 0 aromatic carbocycles. The van der Waals surface area contributed by atoms with Gasteiger partial charge in [-0.05, 0) is 83.5 Å².